The van der Waals surface area contributed by atoms with E-state index in [2.05, 4.69) is 0 Å². The Kier molecular flexibility index (Phi) is 3.69. The number of para-hydroxylation sites is 1. The van der Waals surface area contributed by atoms with Gasteiger partial charge in [-0.1, -0.05) is 42.5 Å². The Morgan fingerprint density at radius 1 is 1.10 bits per heavy atom. The van der Waals surface area contributed by atoms with E-state index in [1.165, 1.54) is 11.4 Å². The smallest absolute Gasteiger partial charge is 0.247 e. The summed E-state index contributed by atoms with van der Waals surface area (Å²) in [5.41, 5.74) is 1.15. The number of rotatable bonds is 5. The lowest BCUT2D eigenvalue weighted by atomic mass is 10.1. The number of benzene rings is 2. The molecule has 0 saturated carbocycles. The number of sulfonamides is 1. The number of ether oxygens (including phenoxy) is 1. The van der Waals surface area contributed by atoms with E-state index < -0.39 is 10.0 Å². The van der Waals surface area contributed by atoms with Crippen LogP contribution in [0.25, 0.3) is 0 Å². The topological polar surface area (TPSA) is 46.4 Å². The van der Waals surface area contributed by atoms with Crippen molar-refractivity contribution in [2.45, 2.75) is 17.4 Å². The summed E-state index contributed by atoms with van der Waals surface area (Å²) < 4.78 is 31.9. The highest BCUT2D eigenvalue weighted by molar-refractivity contribution is 7.89. The fourth-order valence-electron chi connectivity index (χ4n) is 2.47. The van der Waals surface area contributed by atoms with Crippen molar-refractivity contribution >= 4 is 10.0 Å². The number of nitrogens with zero attached hydrogens (tertiary/aromatic N) is 1. The first-order valence-corrected chi connectivity index (χ1v) is 8.25. The van der Waals surface area contributed by atoms with Gasteiger partial charge in [0.15, 0.2) is 0 Å². The van der Waals surface area contributed by atoms with Crippen LogP contribution in [-0.2, 0) is 16.4 Å². The Morgan fingerprint density at radius 2 is 1.76 bits per heavy atom. The van der Waals surface area contributed by atoms with E-state index in [0.29, 0.717) is 12.3 Å². The van der Waals surface area contributed by atoms with Gasteiger partial charge in [0.1, 0.15) is 10.6 Å². The first-order chi connectivity index (χ1) is 10.1. The van der Waals surface area contributed by atoms with Gasteiger partial charge in [-0.25, -0.2) is 8.42 Å². The van der Waals surface area contributed by atoms with Crippen LogP contribution in [0.2, 0.25) is 0 Å². The summed E-state index contributed by atoms with van der Waals surface area (Å²) in [6.07, 6.45) is 0.745. The van der Waals surface area contributed by atoms with Gasteiger partial charge in [-0.2, -0.15) is 4.31 Å². The molecule has 0 aromatic heterocycles. The molecule has 1 unspecified atom stereocenters. The molecule has 5 heteroatoms. The van der Waals surface area contributed by atoms with Crippen LogP contribution < -0.4 is 4.74 Å². The third-order valence-corrected chi connectivity index (χ3v) is 5.59. The van der Waals surface area contributed by atoms with Gasteiger partial charge >= 0.3 is 0 Å². The monoisotopic (exact) mass is 303 g/mol. The first kappa shape index (κ1) is 14.1. The van der Waals surface area contributed by atoms with Gasteiger partial charge in [0.05, 0.1) is 7.11 Å². The fraction of sp³-hybridized carbons (Fsp3) is 0.250. The van der Waals surface area contributed by atoms with E-state index in [1.807, 2.05) is 30.3 Å². The second-order valence-corrected chi connectivity index (χ2v) is 6.93. The summed E-state index contributed by atoms with van der Waals surface area (Å²) in [6.45, 7) is 0.565. The molecule has 0 aliphatic carbocycles. The molecule has 21 heavy (non-hydrogen) atoms. The number of methoxy groups -OCH3 is 1. The lowest BCUT2D eigenvalue weighted by Gasteiger charge is -2.10. The normalized spacial score (nSPS) is 21.0. The van der Waals surface area contributed by atoms with Crippen LogP contribution in [0.5, 0.6) is 5.75 Å². The van der Waals surface area contributed by atoms with Crippen LogP contribution in [-0.4, -0.2) is 32.4 Å². The highest BCUT2D eigenvalue weighted by Crippen LogP contribution is 2.34. The molecule has 1 saturated heterocycles. The van der Waals surface area contributed by atoms with Crippen molar-refractivity contribution in [3.8, 4) is 5.75 Å². The minimum Gasteiger partial charge on any atom is -0.495 e. The summed E-state index contributed by atoms with van der Waals surface area (Å²) in [5, 5.41) is 0. The summed E-state index contributed by atoms with van der Waals surface area (Å²) in [7, 11) is -1.99. The standard InChI is InChI=1S/C16H17NO3S/c1-20-15-9-5-6-10-16(15)21(18,19)17-12-14(17)11-13-7-3-2-4-8-13/h2-10,14H,11-12H2,1H3/t14-,17?/m0/s1. The van der Waals surface area contributed by atoms with Gasteiger partial charge < -0.3 is 4.74 Å². The molecule has 1 fully saturated rings. The van der Waals surface area contributed by atoms with Crippen molar-refractivity contribution < 1.29 is 13.2 Å². The lowest BCUT2D eigenvalue weighted by molar-refractivity contribution is 0.401. The third kappa shape index (κ3) is 2.80. The van der Waals surface area contributed by atoms with Crippen molar-refractivity contribution in [2.75, 3.05) is 13.7 Å². The molecule has 1 aliphatic heterocycles. The minimum atomic E-state index is -3.47. The van der Waals surface area contributed by atoms with Crippen molar-refractivity contribution in [1.29, 1.82) is 0 Å². The summed E-state index contributed by atoms with van der Waals surface area (Å²) in [6, 6.07) is 16.7. The van der Waals surface area contributed by atoms with E-state index in [1.54, 1.807) is 24.3 Å². The molecule has 2 atom stereocenters. The van der Waals surface area contributed by atoms with Gasteiger partial charge in [-0.15, -0.1) is 0 Å². The first-order valence-electron chi connectivity index (χ1n) is 6.81. The molecule has 0 bridgehead atoms. The molecule has 0 radical (unpaired) electrons. The van der Waals surface area contributed by atoms with Crippen LogP contribution in [0.1, 0.15) is 5.56 Å². The Morgan fingerprint density at radius 3 is 2.48 bits per heavy atom. The Bertz CT molecular complexity index is 728. The molecule has 1 aliphatic rings. The van der Waals surface area contributed by atoms with Gasteiger partial charge in [0.2, 0.25) is 10.0 Å². The van der Waals surface area contributed by atoms with E-state index >= 15 is 0 Å². The summed E-state index contributed by atoms with van der Waals surface area (Å²) >= 11 is 0. The quantitative estimate of drug-likeness (QED) is 0.796. The Balaban J connectivity index is 1.79. The lowest BCUT2D eigenvalue weighted by Crippen LogP contribution is -2.16. The molecule has 4 nitrogen and oxygen atoms in total. The summed E-state index contributed by atoms with van der Waals surface area (Å²) in [5.74, 6) is 0.392. The van der Waals surface area contributed by atoms with Gasteiger partial charge in [-0.05, 0) is 24.1 Å². The van der Waals surface area contributed by atoms with Crippen molar-refractivity contribution in [2.24, 2.45) is 0 Å². The highest BCUT2D eigenvalue weighted by Gasteiger charge is 2.45. The predicted molar refractivity (Wildman–Crippen MR) is 80.8 cm³/mol. The molecular formula is C16H17NO3S. The molecular weight excluding hydrogens is 286 g/mol. The van der Waals surface area contributed by atoms with Crippen LogP contribution in [0.15, 0.2) is 59.5 Å². The zero-order chi connectivity index (χ0) is 14.9. The minimum absolute atomic E-state index is 0.0438. The Hall–Kier alpha value is -1.85. The molecule has 110 valence electrons. The van der Waals surface area contributed by atoms with Gasteiger partial charge in [0.25, 0.3) is 0 Å². The van der Waals surface area contributed by atoms with Crippen LogP contribution in [0.4, 0.5) is 0 Å². The van der Waals surface area contributed by atoms with Crippen molar-refractivity contribution in [3.63, 3.8) is 0 Å². The molecule has 0 N–H and O–H groups in total. The largest absolute Gasteiger partial charge is 0.495 e. The number of hydrogen-bond acceptors (Lipinski definition) is 3. The average Bonchev–Trinajstić information content (AvgIpc) is 3.28. The van der Waals surface area contributed by atoms with Crippen LogP contribution in [0, 0.1) is 0 Å². The fourth-order valence-corrected chi connectivity index (χ4v) is 4.21. The zero-order valence-electron chi connectivity index (χ0n) is 11.8. The van der Waals surface area contributed by atoms with Crippen molar-refractivity contribution in [1.82, 2.24) is 4.31 Å². The second-order valence-electron chi connectivity index (χ2n) is 5.07. The van der Waals surface area contributed by atoms with Gasteiger partial charge in [-0.3, -0.25) is 0 Å². The molecule has 2 aromatic rings. The van der Waals surface area contributed by atoms with E-state index in [4.69, 9.17) is 4.74 Å². The highest BCUT2D eigenvalue weighted by atomic mass is 32.2. The van der Waals surface area contributed by atoms with Crippen LogP contribution >= 0.6 is 0 Å². The predicted octanol–water partition coefficient (Wildman–Crippen LogP) is 2.31. The zero-order valence-corrected chi connectivity index (χ0v) is 12.6. The molecule has 0 amide bonds. The maximum atomic E-state index is 12.6. The van der Waals surface area contributed by atoms with E-state index in [-0.39, 0.29) is 10.9 Å². The average molecular weight is 303 g/mol. The molecule has 2 aromatic carbocycles. The van der Waals surface area contributed by atoms with Crippen molar-refractivity contribution in [3.05, 3.63) is 60.2 Å². The molecule has 1 heterocycles. The second kappa shape index (κ2) is 5.50. The maximum Gasteiger partial charge on any atom is 0.247 e. The van der Waals surface area contributed by atoms with E-state index in [9.17, 15) is 8.42 Å². The Labute approximate surface area is 125 Å². The maximum absolute atomic E-state index is 12.6. The summed E-state index contributed by atoms with van der Waals surface area (Å²) in [4.78, 5) is 0.239. The molecule has 3 rings (SSSR count). The van der Waals surface area contributed by atoms with Crippen LogP contribution in [0.3, 0.4) is 0 Å². The molecule has 0 spiro atoms. The SMILES string of the molecule is COc1ccccc1S(=O)(=O)N1C[C@@H]1Cc1ccccc1. The van der Waals surface area contributed by atoms with E-state index in [0.717, 1.165) is 12.0 Å². The third-order valence-electron chi connectivity index (χ3n) is 3.63. The van der Waals surface area contributed by atoms with Gasteiger partial charge in [0, 0.05) is 12.6 Å². The number of hydrogen-bond donors (Lipinski definition) is 0.